The predicted molar refractivity (Wildman–Crippen MR) is 83.9 cm³/mol. The zero-order valence-electron chi connectivity index (χ0n) is 13.2. The highest BCUT2D eigenvalue weighted by Gasteiger charge is 2.43. The molecule has 0 radical (unpaired) electrons. The van der Waals surface area contributed by atoms with Crippen molar-refractivity contribution in [3.63, 3.8) is 0 Å². The number of benzene rings is 1. The van der Waals surface area contributed by atoms with Gasteiger partial charge in [0.25, 0.3) is 0 Å². The van der Waals surface area contributed by atoms with Crippen molar-refractivity contribution >= 4 is 11.6 Å². The molecule has 1 amide bonds. The number of amides is 1. The van der Waals surface area contributed by atoms with Gasteiger partial charge in [-0.25, -0.2) is 0 Å². The Bertz CT molecular complexity index is 522. The molecule has 1 heterocycles. The average Bonchev–Trinajstić information content (AvgIpc) is 2.64. The van der Waals surface area contributed by atoms with E-state index in [1.165, 1.54) is 0 Å². The largest absolute Gasteiger partial charge is 0.324 e. The van der Waals surface area contributed by atoms with E-state index in [0.717, 1.165) is 23.2 Å². The fourth-order valence-corrected chi connectivity index (χ4v) is 2.96. The second kappa shape index (κ2) is 5.21. The predicted octanol–water partition coefficient (Wildman–Crippen LogP) is 3.38. The van der Waals surface area contributed by atoms with Gasteiger partial charge >= 0.3 is 0 Å². The smallest absolute Gasteiger partial charge is 0.237 e. The highest BCUT2D eigenvalue weighted by Crippen LogP contribution is 2.42. The van der Waals surface area contributed by atoms with Crippen molar-refractivity contribution in [1.82, 2.24) is 0 Å². The molecule has 0 spiro atoms. The molecule has 2 rings (SSSR count). The molecule has 0 saturated heterocycles. The minimum Gasteiger partial charge on any atom is -0.324 e. The maximum absolute atomic E-state index is 12.5. The third kappa shape index (κ3) is 2.14. The van der Waals surface area contributed by atoms with Crippen molar-refractivity contribution in [3.8, 4) is 0 Å². The molecule has 1 aliphatic rings. The Hall–Kier alpha value is -1.35. The van der Waals surface area contributed by atoms with E-state index in [1.54, 1.807) is 0 Å². The number of likely N-dealkylation sites (N-methyl/N-ethyl adjacent to an activating group) is 1. The minimum atomic E-state index is -0.448. The molecule has 0 saturated carbocycles. The van der Waals surface area contributed by atoms with E-state index in [0.29, 0.717) is 12.5 Å². The second-order valence-corrected chi connectivity index (χ2v) is 6.36. The summed E-state index contributed by atoms with van der Waals surface area (Å²) in [5.74, 6) is 0.625. The first-order valence-electron chi connectivity index (χ1n) is 7.56. The summed E-state index contributed by atoms with van der Waals surface area (Å²) < 4.78 is 0. The maximum Gasteiger partial charge on any atom is 0.237 e. The van der Waals surface area contributed by atoms with Gasteiger partial charge in [-0.15, -0.1) is 0 Å². The van der Waals surface area contributed by atoms with Crippen LogP contribution in [0.25, 0.3) is 0 Å². The lowest BCUT2D eigenvalue weighted by molar-refractivity contribution is -0.122. The number of carbonyl (C=O) groups is 1. The number of carbonyl (C=O) groups excluding carboxylic acids is 1. The van der Waals surface area contributed by atoms with Crippen LogP contribution >= 0.6 is 0 Å². The summed E-state index contributed by atoms with van der Waals surface area (Å²) in [5, 5.41) is 0. The van der Waals surface area contributed by atoms with Gasteiger partial charge in [0.1, 0.15) is 0 Å². The molecule has 2 N–H and O–H groups in total. The summed E-state index contributed by atoms with van der Waals surface area (Å²) in [6, 6.07) is 6.31. The van der Waals surface area contributed by atoms with Crippen LogP contribution in [0.4, 0.5) is 5.69 Å². The SMILES string of the molecule is CCC(C)C(N)c1ccc2c(c1)C(C)(C)C(=O)N2CC. The molecule has 0 aliphatic carbocycles. The van der Waals surface area contributed by atoms with Crippen molar-refractivity contribution < 1.29 is 4.79 Å². The highest BCUT2D eigenvalue weighted by atomic mass is 16.2. The van der Waals surface area contributed by atoms with Gasteiger partial charge in [-0.1, -0.05) is 32.4 Å². The Morgan fingerprint density at radius 1 is 1.30 bits per heavy atom. The second-order valence-electron chi connectivity index (χ2n) is 6.36. The number of nitrogens with zero attached hydrogens (tertiary/aromatic N) is 1. The average molecular weight is 274 g/mol. The van der Waals surface area contributed by atoms with Gasteiger partial charge in [0.2, 0.25) is 5.91 Å². The van der Waals surface area contributed by atoms with Gasteiger partial charge in [-0.3, -0.25) is 4.79 Å². The first-order valence-corrected chi connectivity index (χ1v) is 7.56. The van der Waals surface area contributed by atoms with Crippen LogP contribution in [0.15, 0.2) is 18.2 Å². The van der Waals surface area contributed by atoms with Gasteiger partial charge in [-0.2, -0.15) is 0 Å². The van der Waals surface area contributed by atoms with Crippen molar-refractivity contribution in [2.75, 3.05) is 11.4 Å². The molecule has 20 heavy (non-hydrogen) atoms. The van der Waals surface area contributed by atoms with Gasteiger partial charge in [0.05, 0.1) is 5.41 Å². The third-order valence-electron chi connectivity index (χ3n) is 4.72. The topological polar surface area (TPSA) is 46.3 Å². The van der Waals surface area contributed by atoms with E-state index in [4.69, 9.17) is 5.73 Å². The number of hydrogen-bond acceptors (Lipinski definition) is 2. The van der Waals surface area contributed by atoms with Gasteiger partial charge < -0.3 is 10.6 Å². The minimum absolute atomic E-state index is 0.0341. The summed E-state index contributed by atoms with van der Waals surface area (Å²) in [7, 11) is 0. The highest BCUT2D eigenvalue weighted by molar-refractivity contribution is 6.07. The van der Waals surface area contributed by atoms with Crippen molar-refractivity contribution in [3.05, 3.63) is 29.3 Å². The van der Waals surface area contributed by atoms with Gasteiger partial charge in [-0.05, 0) is 43.9 Å². The quantitative estimate of drug-likeness (QED) is 0.915. The number of hydrogen-bond donors (Lipinski definition) is 1. The molecule has 2 atom stereocenters. The van der Waals surface area contributed by atoms with E-state index in [-0.39, 0.29) is 11.9 Å². The van der Waals surface area contributed by atoms with E-state index >= 15 is 0 Å². The standard InChI is InChI=1S/C17H26N2O/c1-6-11(3)15(18)12-8-9-14-13(10-12)17(4,5)16(20)19(14)7-2/h8-11,15H,6-7,18H2,1-5H3. The van der Waals surface area contributed by atoms with Crippen LogP contribution in [-0.2, 0) is 10.2 Å². The number of fused-ring (bicyclic) bond motifs is 1. The first-order chi connectivity index (χ1) is 9.34. The molecule has 3 heteroatoms. The fourth-order valence-electron chi connectivity index (χ4n) is 2.96. The van der Waals surface area contributed by atoms with Crippen LogP contribution in [0.5, 0.6) is 0 Å². The van der Waals surface area contributed by atoms with Crippen LogP contribution in [0.2, 0.25) is 0 Å². The molecular formula is C17H26N2O. The lowest BCUT2D eigenvalue weighted by atomic mass is 9.83. The van der Waals surface area contributed by atoms with Crippen molar-refractivity contribution in [2.24, 2.45) is 11.7 Å². The normalized spacial score (nSPS) is 19.9. The summed E-state index contributed by atoms with van der Waals surface area (Å²) >= 11 is 0. The zero-order valence-corrected chi connectivity index (χ0v) is 13.2. The summed E-state index contributed by atoms with van der Waals surface area (Å²) in [6.45, 7) is 11.1. The van der Waals surface area contributed by atoms with Crippen LogP contribution < -0.4 is 10.6 Å². The lowest BCUT2D eigenvalue weighted by Crippen LogP contribution is -2.35. The monoisotopic (exact) mass is 274 g/mol. The van der Waals surface area contributed by atoms with Crippen LogP contribution in [-0.4, -0.2) is 12.5 Å². The van der Waals surface area contributed by atoms with E-state index in [2.05, 4.69) is 32.0 Å². The molecule has 1 aromatic rings. The Morgan fingerprint density at radius 2 is 1.95 bits per heavy atom. The first kappa shape index (κ1) is 15.0. The molecule has 1 aromatic carbocycles. The zero-order chi connectivity index (χ0) is 15.1. The molecule has 3 nitrogen and oxygen atoms in total. The summed E-state index contributed by atoms with van der Waals surface area (Å²) in [5.41, 5.74) is 9.18. The van der Waals surface area contributed by atoms with Gasteiger partial charge in [0.15, 0.2) is 0 Å². The van der Waals surface area contributed by atoms with Crippen molar-refractivity contribution in [2.45, 2.75) is 52.5 Å². The van der Waals surface area contributed by atoms with Gasteiger partial charge in [0, 0.05) is 18.3 Å². The maximum atomic E-state index is 12.5. The summed E-state index contributed by atoms with van der Waals surface area (Å²) in [4.78, 5) is 14.3. The molecular weight excluding hydrogens is 248 g/mol. The molecule has 0 fully saturated rings. The number of rotatable bonds is 4. The van der Waals surface area contributed by atoms with E-state index in [1.807, 2.05) is 25.7 Å². The van der Waals surface area contributed by atoms with E-state index < -0.39 is 5.41 Å². The Labute approximate surface area is 122 Å². The number of anilines is 1. The Morgan fingerprint density at radius 3 is 2.50 bits per heavy atom. The molecule has 110 valence electrons. The van der Waals surface area contributed by atoms with Crippen LogP contribution in [0, 0.1) is 5.92 Å². The lowest BCUT2D eigenvalue weighted by Gasteiger charge is -2.21. The summed E-state index contributed by atoms with van der Waals surface area (Å²) in [6.07, 6.45) is 1.06. The van der Waals surface area contributed by atoms with E-state index in [9.17, 15) is 4.79 Å². The molecule has 2 unspecified atom stereocenters. The Balaban J connectivity index is 2.47. The molecule has 0 bridgehead atoms. The van der Waals surface area contributed by atoms with Crippen LogP contribution in [0.1, 0.15) is 58.2 Å². The van der Waals surface area contributed by atoms with Crippen molar-refractivity contribution in [1.29, 1.82) is 0 Å². The Kier molecular flexibility index (Phi) is 3.92. The molecule has 1 aliphatic heterocycles. The molecule has 0 aromatic heterocycles. The number of nitrogens with two attached hydrogens (primary N) is 1. The van der Waals surface area contributed by atoms with Crippen LogP contribution in [0.3, 0.4) is 0 Å². The third-order valence-corrected chi connectivity index (χ3v) is 4.72. The fraction of sp³-hybridized carbons (Fsp3) is 0.588.